The van der Waals surface area contributed by atoms with Gasteiger partial charge in [0.1, 0.15) is 0 Å². The van der Waals surface area contributed by atoms with Gasteiger partial charge in [-0.2, -0.15) is 0 Å². The molecule has 1 unspecified atom stereocenters. The summed E-state index contributed by atoms with van der Waals surface area (Å²) < 4.78 is 0. The van der Waals surface area contributed by atoms with Crippen molar-refractivity contribution in [1.29, 1.82) is 0 Å². The first kappa shape index (κ1) is 11.3. The third-order valence-electron chi connectivity index (χ3n) is 2.27. The molecule has 0 aliphatic heterocycles. The van der Waals surface area contributed by atoms with Crippen molar-refractivity contribution in [1.82, 2.24) is 0 Å². The van der Waals surface area contributed by atoms with E-state index in [4.69, 9.17) is 11.6 Å². The van der Waals surface area contributed by atoms with Crippen LogP contribution < -0.4 is 0 Å². The molecule has 0 aromatic heterocycles. The average Bonchev–Trinajstić information content (AvgIpc) is 1.56. The number of hydrogen-bond donors (Lipinski definition) is 0. The standard InChI is InChI=1S/C10H21Cl/c1-8(9(2,3)4)7-10(5,6)11/h8H,7H2,1-6H3. The lowest BCUT2D eigenvalue weighted by Gasteiger charge is -2.31. The van der Waals surface area contributed by atoms with Crippen molar-refractivity contribution < 1.29 is 0 Å². The summed E-state index contributed by atoms with van der Waals surface area (Å²) in [5.74, 6) is 0.676. The molecule has 68 valence electrons. The smallest absolute Gasteiger partial charge is 0.0393 e. The summed E-state index contributed by atoms with van der Waals surface area (Å²) in [5.41, 5.74) is 0.381. The molecule has 0 N–H and O–H groups in total. The predicted molar refractivity (Wildman–Crippen MR) is 53.2 cm³/mol. The molecule has 0 bridgehead atoms. The highest BCUT2D eigenvalue weighted by Crippen LogP contribution is 2.34. The summed E-state index contributed by atoms with van der Waals surface area (Å²) >= 11 is 6.13. The van der Waals surface area contributed by atoms with Crippen LogP contribution in [-0.4, -0.2) is 4.87 Å². The second-order valence-corrected chi connectivity index (χ2v) is 6.21. The molecule has 0 rings (SSSR count). The van der Waals surface area contributed by atoms with Gasteiger partial charge in [-0.1, -0.05) is 27.7 Å². The van der Waals surface area contributed by atoms with Gasteiger partial charge in [-0.05, 0) is 31.6 Å². The van der Waals surface area contributed by atoms with E-state index < -0.39 is 0 Å². The molecule has 0 fully saturated rings. The fourth-order valence-electron chi connectivity index (χ4n) is 1.03. The molecule has 0 aromatic rings. The van der Waals surface area contributed by atoms with Crippen LogP contribution in [0.3, 0.4) is 0 Å². The first-order valence-electron chi connectivity index (χ1n) is 4.32. The van der Waals surface area contributed by atoms with Crippen molar-refractivity contribution >= 4 is 11.6 Å². The lowest BCUT2D eigenvalue weighted by Crippen LogP contribution is -2.24. The van der Waals surface area contributed by atoms with Crippen molar-refractivity contribution in [2.24, 2.45) is 11.3 Å². The Morgan fingerprint density at radius 1 is 1.09 bits per heavy atom. The van der Waals surface area contributed by atoms with E-state index in [1.807, 2.05) is 0 Å². The maximum atomic E-state index is 6.13. The zero-order valence-corrected chi connectivity index (χ0v) is 9.42. The minimum atomic E-state index is -0.0489. The summed E-state index contributed by atoms with van der Waals surface area (Å²) in [4.78, 5) is -0.0489. The van der Waals surface area contributed by atoms with Gasteiger partial charge in [0.05, 0.1) is 0 Å². The van der Waals surface area contributed by atoms with E-state index in [0.717, 1.165) is 6.42 Å². The SMILES string of the molecule is CC(CC(C)(C)Cl)C(C)(C)C. The number of rotatable bonds is 2. The van der Waals surface area contributed by atoms with Gasteiger partial charge < -0.3 is 0 Å². The van der Waals surface area contributed by atoms with Gasteiger partial charge in [0.2, 0.25) is 0 Å². The highest BCUT2D eigenvalue weighted by atomic mass is 35.5. The molecule has 0 saturated heterocycles. The third-order valence-corrected chi connectivity index (χ3v) is 2.42. The molecule has 0 radical (unpaired) electrons. The maximum absolute atomic E-state index is 6.13. The molecule has 0 heterocycles. The van der Waals surface area contributed by atoms with Crippen LogP contribution >= 0.6 is 11.6 Å². The zero-order chi connectivity index (χ0) is 9.28. The van der Waals surface area contributed by atoms with E-state index in [-0.39, 0.29) is 4.87 Å². The predicted octanol–water partition coefficient (Wildman–Crippen LogP) is 4.08. The van der Waals surface area contributed by atoms with Crippen LogP contribution in [0.15, 0.2) is 0 Å². The van der Waals surface area contributed by atoms with Crippen LogP contribution in [0.25, 0.3) is 0 Å². The van der Waals surface area contributed by atoms with Crippen LogP contribution in [0.5, 0.6) is 0 Å². The van der Waals surface area contributed by atoms with Gasteiger partial charge in [-0.15, -0.1) is 11.6 Å². The molecule has 0 spiro atoms. The van der Waals surface area contributed by atoms with Crippen molar-refractivity contribution in [3.8, 4) is 0 Å². The molecule has 1 atom stereocenters. The quantitative estimate of drug-likeness (QED) is 0.557. The van der Waals surface area contributed by atoms with E-state index in [1.165, 1.54) is 0 Å². The Balaban J connectivity index is 3.99. The Bertz CT molecular complexity index is 114. The van der Waals surface area contributed by atoms with E-state index >= 15 is 0 Å². The lowest BCUT2D eigenvalue weighted by molar-refractivity contribution is 0.231. The number of halogens is 1. The Morgan fingerprint density at radius 3 is 1.55 bits per heavy atom. The molecular formula is C10H21Cl. The minimum Gasteiger partial charge on any atom is -0.120 e. The van der Waals surface area contributed by atoms with Crippen molar-refractivity contribution in [3.63, 3.8) is 0 Å². The van der Waals surface area contributed by atoms with Crippen LogP contribution in [0.2, 0.25) is 0 Å². The third kappa shape index (κ3) is 5.55. The van der Waals surface area contributed by atoms with E-state index in [9.17, 15) is 0 Å². The normalized spacial score (nSPS) is 16.6. The highest BCUT2D eigenvalue weighted by molar-refractivity contribution is 6.23. The topological polar surface area (TPSA) is 0 Å². The lowest BCUT2D eigenvalue weighted by atomic mass is 9.77. The molecule has 0 aliphatic rings. The number of alkyl halides is 1. The average molecular weight is 177 g/mol. The number of hydrogen-bond acceptors (Lipinski definition) is 0. The monoisotopic (exact) mass is 176 g/mol. The summed E-state index contributed by atoms with van der Waals surface area (Å²) in [6.45, 7) is 13.2. The van der Waals surface area contributed by atoms with Crippen molar-refractivity contribution in [2.75, 3.05) is 0 Å². The summed E-state index contributed by atoms with van der Waals surface area (Å²) in [7, 11) is 0. The molecule has 0 saturated carbocycles. The van der Waals surface area contributed by atoms with Crippen molar-refractivity contribution in [3.05, 3.63) is 0 Å². The van der Waals surface area contributed by atoms with Gasteiger partial charge in [-0.25, -0.2) is 0 Å². The van der Waals surface area contributed by atoms with E-state index in [1.54, 1.807) is 0 Å². The van der Waals surface area contributed by atoms with Gasteiger partial charge >= 0.3 is 0 Å². The molecular weight excluding hydrogens is 156 g/mol. The molecule has 0 amide bonds. The van der Waals surface area contributed by atoms with E-state index in [0.29, 0.717) is 11.3 Å². The molecule has 0 aliphatic carbocycles. The Kier molecular flexibility index (Phi) is 3.43. The summed E-state index contributed by atoms with van der Waals surface area (Å²) in [5, 5.41) is 0. The summed E-state index contributed by atoms with van der Waals surface area (Å²) in [6, 6.07) is 0. The second kappa shape index (κ2) is 3.35. The molecule has 1 heteroatoms. The molecule has 11 heavy (non-hydrogen) atoms. The largest absolute Gasteiger partial charge is 0.120 e. The summed E-state index contributed by atoms with van der Waals surface area (Å²) in [6.07, 6.45) is 1.08. The van der Waals surface area contributed by atoms with E-state index in [2.05, 4.69) is 41.5 Å². The minimum absolute atomic E-state index is 0.0489. The van der Waals surface area contributed by atoms with Crippen molar-refractivity contribution in [2.45, 2.75) is 52.8 Å². The second-order valence-electron chi connectivity index (χ2n) is 5.19. The Hall–Kier alpha value is 0.290. The fraction of sp³-hybridized carbons (Fsp3) is 1.00. The molecule has 0 aromatic carbocycles. The zero-order valence-electron chi connectivity index (χ0n) is 8.66. The van der Waals surface area contributed by atoms with Gasteiger partial charge in [-0.3, -0.25) is 0 Å². The molecule has 0 nitrogen and oxygen atoms in total. The van der Waals surface area contributed by atoms with Crippen LogP contribution in [0.1, 0.15) is 48.0 Å². The van der Waals surface area contributed by atoms with Gasteiger partial charge in [0.25, 0.3) is 0 Å². The van der Waals surface area contributed by atoms with Gasteiger partial charge in [0.15, 0.2) is 0 Å². The highest BCUT2D eigenvalue weighted by Gasteiger charge is 2.26. The fourth-order valence-corrected chi connectivity index (χ4v) is 1.27. The first-order chi connectivity index (χ1) is 4.63. The van der Waals surface area contributed by atoms with Crippen LogP contribution in [-0.2, 0) is 0 Å². The first-order valence-corrected chi connectivity index (χ1v) is 4.69. The maximum Gasteiger partial charge on any atom is 0.0393 e. The van der Waals surface area contributed by atoms with Crippen LogP contribution in [0, 0.1) is 11.3 Å². The Morgan fingerprint density at radius 2 is 1.45 bits per heavy atom. The van der Waals surface area contributed by atoms with Crippen LogP contribution in [0.4, 0.5) is 0 Å². The Labute approximate surface area is 76.3 Å². The van der Waals surface area contributed by atoms with Gasteiger partial charge in [0, 0.05) is 4.87 Å².